The summed E-state index contributed by atoms with van der Waals surface area (Å²) >= 11 is 0. The Hall–Kier alpha value is -0.906. The zero-order valence-electron chi connectivity index (χ0n) is 21.8. The van der Waals surface area contributed by atoms with Gasteiger partial charge in [0, 0.05) is 48.9 Å². The second-order valence-electron chi connectivity index (χ2n) is 8.06. The van der Waals surface area contributed by atoms with Gasteiger partial charge in [-0.2, -0.15) is 0 Å². The molecule has 0 spiro atoms. The predicted molar refractivity (Wildman–Crippen MR) is 140 cm³/mol. The molecule has 0 aliphatic carbocycles. The first-order valence-electron chi connectivity index (χ1n) is 12.5. The smallest absolute Gasteiger partial charge is 0.345 e. The standard InChI is InChI=1S/C24H48N2O4Si2/c1-9-21(31(15-7,27-11-3)28-12-4)23-19(25)17-18-20(26)24(23)22(10-2)32(16-8,29-13-5)30-14-6/h17-18,21-22H,9-16,25-26H2,1-8H3. The molecule has 4 N–H and O–H groups in total. The molecule has 0 heterocycles. The fourth-order valence-electron chi connectivity index (χ4n) is 5.28. The lowest BCUT2D eigenvalue weighted by Gasteiger charge is -2.41. The summed E-state index contributed by atoms with van der Waals surface area (Å²) in [5.74, 6) is 0. The molecular weight excluding hydrogens is 436 g/mol. The summed E-state index contributed by atoms with van der Waals surface area (Å²) in [6, 6.07) is 5.58. The zero-order chi connectivity index (χ0) is 24.4. The number of nitrogens with two attached hydrogens (primary N) is 2. The van der Waals surface area contributed by atoms with Crippen molar-refractivity contribution in [1.29, 1.82) is 0 Å². The number of anilines is 2. The quantitative estimate of drug-likeness (QED) is 0.221. The molecule has 1 aromatic rings. The molecule has 2 unspecified atom stereocenters. The van der Waals surface area contributed by atoms with Crippen LogP contribution in [-0.2, 0) is 17.7 Å². The van der Waals surface area contributed by atoms with Crippen molar-refractivity contribution >= 4 is 28.5 Å². The highest BCUT2D eigenvalue weighted by Gasteiger charge is 2.50. The lowest BCUT2D eigenvalue weighted by Crippen LogP contribution is -2.51. The van der Waals surface area contributed by atoms with Gasteiger partial charge in [-0.15, -0.1) is 0 Å². The summed E-state index contributed by atoms with van der Waals surface area (Å²) in [6.45, 7) is 19.4. The normalized spacial score (nSPS) is 14.5. The summed E-state index contributed by atoms with van der Waals surface area (Å²) in [7, 11) is -5.18. The molecule has 186 valence electrons. The van der Waals surface area contributed by atoms with Gasteiger partial charge >= 0.3 is 17.1 Å². The van der Waals surface area contributed by atoms with Gasteiger partial charge in [0.15, 0.2) is 0 Å². The third-order valence-electron chi connectivity index (χ3n) is 6.47. The molecule has 6 nitrogen and oxygen atoms in total. The first-order valence-corrected chi connectivity index (χ1v) is 16.7. The number of nitrogen functional groups attached to an aromatic ring is 2. The van der Waals surface area contributed by atoms with Crippen LogP contribution in [0.15, 0.2) is 12.1 Å². The molecule has 0 aliphatic rings. The molecule has 8 heteroatoms. The first-order chi connectivity index (χ1) is 15.3. The van der Waals surface area contributed by atoms with E-state index in [0.29, 0.717) is 26.4 Å². The van der Waals surface area contributed by atoms with Crippen molar-refractivity contribution in [2.24, 2.45) is 0 Å². The van der Waals surface area contributed by atoms with Crippen LogP contribution in [0.5, 0.6) is 0 Å². The average Bonchev–Trinajstić information content (AvgIpc) is 2.78. The van der Waals surface area contributed by atoms with Gasteiger partial charge in [0.05, 0.1) is 0 Å². The molecule has 0 bridgehead atoms. The highest BCUT2D eigenvalue weighted by molar-refractivity contribution is 6.70. The fraction of sp³-hybridized carbons (Fsp3) is 0.750. The van der Waals surface area contributed by atoms with Crippen LogP contribution in [0, 0.1) is 0 Å². The summed E-state index contributed by atoms with van der Waals surface area (Å²) in [4.78, 5) is 0. The Morgan fingerprint density at radius 1 is 0.594 bits per heavy atom. The predicted octanol–water partition coefficient (Wildman–Crippen LogP) is 5.99. The van der Waals surface area contributed by atoms with Gasteiger partial charge in [0.2, 0.25) is 0 Å². The second kappa shape index (κ2) is 13.7. The second-order valence-corrected chi connectivity index (χ2v) is 15.3. The molecule has 0 amide bonds. The maximum Gasteiger partial charge on any atom is 0.345 e. The summed E-state index contributed by atoms with van der Waals surface area (Å²) in [5.41, 5.74) is 17.3. The number of benzene rings is 1. The zero-order valence-corrected chi connectivity index (χ0v) is 23.8. The van der Waals surface area contributed by atoms with Crippen LogP contribution in [0.4, 0.5) is 11.4 Å². The molecule has 32 heavy (non-hydrogen) atoms. The van der Waals surface area contributed by atoms with E-state index >= 15 is 0 Å². The Morgan fingerprint density at radius 2 is 0.875 bits per heavy atom. The third-order valence-corrected chi connectivity index (χ3v) is 15.1. The molecule has 0 saturated carbocycles. The van der Waals surface area contributed by atoms with E-state index in [9.17, 15) is 0 Å². The minimum Gasteiger partial charge on any atom is -0.398 e. The van der Waals surface area contributed by atoms with E-state index in [1.165, 1.54) is 0 Å². The van der Waals surface area contributed by atoms with Crippen molar-refractivity contribution in [2.75, 3.05) is 37.9 Å². The van der Waals surface area contributed by atoms with Crippen molar-refractivity contribution in [2.45, 2.75) is 91.4 Å². The number of hydrogen-bond donors (Lipinski definition) is 2. The minimum atomic E-state index is -2.59. The van der Waals surface area contributed by atoms with Crippen LogP contribution < -0.4 is 11.5 Å². The van der Waals surface area contributed by atoms with Crippen LogP contribution in [0.1, 0.15) is 90.4 Å². The summed E-state index contributed by atoms with van der Waals surface area (Å²) in [5, 5.41) is 0. The highest BCUT2D eigenvalue weighted by Crippen LogP contribution is 2.47. The fourth-order valence-corrected chi connectivity index (χ4v) is 12.8. The van der Waals surface area contributed by atoms with E-state index in [0.717, 1.165) is 47.4 Å². The van der Waals surface area contributed by atoms with Crippen molar-refractivity contribution in [3.8, 4) is 0 Å². The Balaban J connectivity index is 3.91. The highest BCUT2D eigenvalue weighted by atomic mass is 28.4. The molecule has 0 aliphatic heterocycles. The van der Waals surface area contributed by atoms with Crippen LogP contribution in [-0.4, -0.2) is 43.5 Å². The summed E-state index contributed by atoms with van der Waals surface area (Å²) < 4.78 is 25.9. The Bertz CT molecular complexity index is 621. The van der Waals surface area contributed by atoms with Crippen LogP contribution in [0.25, 0.3) is 0 Å². The summed E-state index contributed by atoms with van der Waals surface area (Å²) in [6.07, 6.45) is 1.75. The average molecular weight is 485 g/mol. The lowest BCUT2D eigenvalue weighted by atomic mass is 9.95. The van der Waals surface area contributed by atoms with E-state index in [2.05, 4.69) is 27.7 Å². The van der Waals surface area contributed by atoms with Crippen LogP contribution >= 0.6 is 0 Å². The minimum absolute atomic E-state index is 0.0757. The molecule has 1 rings (SSSR count). The van der Waals surface area contributed by atoms with Crippen molar-refractivity contribution < 1.29 is 17.7 Å². The molecule has 0 fully saturated rings. The Kier molecular flexibility index (Phi) is 12.5. The van der Waals surface area contributed by atoms with E-state index < -0.39 is 17.1 Å². The van der Waals surface area contributed by atoms with Gasteiger partial charge in [-0.3, -0.25) is 0 Å². The molecule has 0 saturated heterocycles. The van der Waals surface area contributed by atoms with Gasteiger partial charge in [-0.05, 0) is 75.9 Å². The van der Waals surface area contributed by atoms with Crippen molar-refractivity contribution in [3.63, 3.8) is 0 Å². The molecule has 2 atom stereocenters. The van der Waals surface area contributed by atoms with Gasteiger partial charge in [0.1, 0.15) is 0 Å². The molecule has 0 radical (unpaired) electrons. The Morgan fingerprint density at radius 3 is 1.06 bits per heavy atom. The van der Waals surface area contributed by atoms with Gasteiger partial charge in [-0.1, -0.05) is 27.7 Å². The first kappa shape index (κ1) is 29.1. The Labute approximate surface area is 198 Å². The SMILES string of the molecule is CCO[Si](CC)(OCC)C(CC)c1c(N)ccc(N)c1C(CC)[Si](CC)(OCC)OCC. The molecule has 0 aromatic heterocycles. The number of rotatable bonds is 16. The van der Waals surface area contributed by atoms with E-state index in [1.54, 1.807) is 0 Å². The van der Waals surface area contributed by atoms with Gasteiger partial charge < -0.3 is 29.2 Å². The lowest BCUT2D eigenvalue weighted by molar-refractivity contribution is 0.169. The topological polar surface area (TPSA) is 89.0 Å². The van der Waals surface area contributed by atoms with E-state index in [-0.39, 0.29) is 11.1 Å². The maximum absolute atomic E-state index is 6.72. The van der Waals surface area contributed by atoms with Gasteiger partial charge in [-0.25, -0.2) is 0 Å². The maximum atomic E-state index is 6.72. The van der Waals surface area contributed by atoms with Crippen molar-refractivity contribution in [3.05, 3.63) is 23.3 Å². The van der Waals surface area contributed by atoms with Crippen molar-refractivity contribution in [1.82, 2.24) is 0 Å². The third kappa shape index (κ3) is 5.96. The van der Waals surface area contributed by atoms with Gasteiger partial charge in [0.25, 0.3) is 0 Å². The molecule has 1 aromatic carbocycles. The van der Waals surface area contributed by atoms with Crippen LogP contribution in [0.2, 0.25) is 12.1 Å². The largest absolute Gasteiger partial charge is 0.398 e. The van der Waals surface area contributed by atoms with Crippen LogP contribution in [0.3, 0.4) is 0 Å². The number of hydrogen-bond acceptors (Lipinski definition) is 6. The monoisotopic (exact) mass is 484 g/mol. The molecular formula is C24H48N2O4Si2. The van der Waals surface area contributed by atoms with E-state index in [4.69, 9.17) is 29.2 Å². The van der Waals surface area contributed by atoms with E-state index in [1.807, 2.05) is 39.8 Å².